The lowest BCUT2D eigenvalue weighted by atomic mass is 9.95. The highest BCUT2D eigenvalue weighted by molar-refractivity contribution is 7.10. The molecule has 0 radical (unpaired) electrons. The number of aliphatic hydroxyl groups is 1. The van der Waals surface area contributed by atoms with Crippen LogP contribution in [0.15, 0.2) is 65.6 Å². The van der Waals surface area contributed by atoms with Crippen LogP contribution in [0.1, 0.15) is 72.9 Å². The summed E-state index contributed by atoms with van der Waals surface area (Å²) in [6.07, 6.45) is 0. The fourth-order valence-electron chi connectivity index (χ4n) is 4.49. The second kappa shape index (κ2) is 11.9. The average molecular weight is 548 g/mol. The topological polar surface area (TPSA) is 93.1 Å². The van der Waals surface area contributed by atoms with Crippen molar-refractivity contribution in [3.05, 3.63) is 87.1 Å². The number of aliphatic hydroxyl groups excluding tert-OH is 1. The minimum Gasteiger partial charge on any atom is -0.507 e. The van der Waals surface area contributed by atoms with Gasteiger partial charge in [0.1, 0.15) is 17.6 Å². The molecule has 1 saturated heterocycles. The number of esters is 1. The van der Waals surface area contributed by atoms with E-state index in [0.29, 0.717) is 35.8 Å². The Hall–Kier alpha value is -3.91. The number of ketones is 1. The molecule has 3 aromatic rings. The minimum atomic E-state index is -0.821. The van der Waals surface area contributed by atoms with E-state index in [-0.39, 0.29) is 23.2 Å². The first-order valence-electron chi connectivity index (χ1n) is 13.0. The Morgan fingerprint density at radius 2 is 1.72 bits per heavy atom. The molecule has 2 heterocycles. The van der Waals surface area contributed by atoms with Crippen LogP contribution in [-0.4, -0.2) is 36.0 Å². The van der Waals surface area contributed by atoms with Crippen LogP contribution in [0.25, 0.3) is 5.76 Å². The lowest BCUT2D eigenvalue weighted by Gasteiger charge is -2.24. The van der Waals surface area contributed by atoms with E-state index in [1.165, 1.54) is 16.2 Å². The van der Waals surface area contributed by atoms with Gasteiger partial charge in [-0.15, -0.1) is 11.3 Å². The summed E-state index contributed by atoms with van der Waals surface area (Å²) < 4.78 is 11.0. The average Bonchev–Trinajstić information content (AvgIpc) is 3.54. The Balaban J connectivity index is 1.77. The fraction of sp³-hybridized carbons (Fsp3) is 0.323. The SMILES string of the molecule is CCOc1ccc(/C(O)=C2/C(=O)C(=O)N(c3ccc(C(=O)OCC(C)C)cc3)C2c2cccs2)cc1C(C)C. The Bertz CT molecular complexity index is 1390. The zero-order valence-corrected chi connectivity index (χ0v) is 23.6. The van der Waals surface area contributed by atoms with Gasteiger partial charge in [-0.2, -0.15) is 0 Å². The van der Waals surface area contributed by atoms with Gasteiger partial charge in [0.25, 0.3) is 11.7 Å². The van der Waals surface area contributed by atoms with Gasteiger partial charge in [-0.05, 0) is 78.2 Å². The zero-order chi connectivity index (χ0) is 28.3. The van der Waals surface area contributed by atoms with Gasteiger partial charge in [0.15, 0.2) is 0 Å². The van der Waals surface area contributed by atoms with Crippen LogP contribution in [0, 0.1) is 5.92 Å². The first kappa shape index (κ1) is 28.1. The number of rotatable bonds is 9. The molecule has 1 amide bonds. The molecule has 1 aliphatic heterocycles. The van der Waals surface area contributed by atoms with E-state index in [2.05, 4.69) is 0 Å². The number of nitrogens with zero attached hydrogens (tertiary/aromatic N) is 1. The standard InChI is InChI=1S/C31H33NO6S/c1-6-37-24-14-11-21(16-23(24)19(4)5)28(33)26-27(25-8-7-15-39-25)32(30(35)29(26)34)22-12-9-20(10-13-22)31(36)38-17-18(2)3/h7-16,18-19,27,33H,6,17H2,1-5H3/b28-26-. The summed E-state index contributed by atoms with van der Waals surface area (Å²) >= 11 is 1.39. The monoisotopic (exact) mass is 547 g/mol. The van der Waals surface area contributed by atoms with Crippen molar-refractivity contribution in [3.63, 3.8) is 0 Å². The molecule has 1 unspecified atom stereocenters. The van der Waals surface area contributed by atoms with Gasteiger partial charge >= 0.3 is 5.97 Å². The second-order valence-corrected chi connectivity index (χ2v) is 11.0. The van der Waals surface area contributed by atoms with Crippen molar-refractivity contribution in [3.8, 4) is 5.75 Å². The summed E-state index contributed by atoms with van der Waals surface area (Å²) in [5.74, 6) is -1.19. The number of carbonyl (C=O) groups is 3. The van der Waals surface area contributed by atoms with Crippen molar-refractivity contribution < 1.29 is 29.0 Å². The van der Waals surface area contributed by atoms with Crippen molar-refractivity contribution in [2.75, 3.05) is 18.1 Å². The molecule has 1 aromatic heterocycles. The van der Waals surface area contributed by atoms with Crippen molar-refractivity contribution in [2.24, 2.45) is 5.92 Å². The zero-order valence-electron chi connectivity index (χ0n) is 22.8. The van der Waals surface area contributed by atoms with Crippen molar-refractivity contribution in [1.82, 2.24) is 0 Å². The van der Waals surface area contributed by atoms with Gasteiger partial charge in [0.05, 0.1) is 24.4 Å². The highest BCUT2D eigenvalue weighted by Crippen LogP contribution is 2.44. The molecule has 0 bridgehead atoms. The molecular weight excluding hydrogens is 514 g/mol. The van der Waals surface area contributed by atoms with Gasteiger partial charge in [0.2, 0.25) is 0 Å². The number of carbonyl (C=O) groups excluding carboxylic acids is 3. The number of hydrogen-bond donors (Lipinski definition) is 1. The van der Waals surface area contributed by atoms with E-state index >= 15 is 0 Å². The predicted molar refractivity (Wildman–Crippen MR) is 152 cm³/mol. The highest BCUT2D eigenvalue weighted by Gasteiger charge is 2.47. The molecule has 4 rings (SSSR count). The van der Waals surface area contributed by atoms with Crippen LogP contribution in [0.2, 0.25) is 0 Å². The molecular formula is C31H33NO6S. The Morgan fingerprint density at radius 1 is 1.03 bits per heavy atom. The molecule has 204 valence electrons. The van der Waals surface area contributed by atoms with Gasteiger partial charge in [-0.1, -0.05) is 33.8 Å². The summed E-state index contributed by atoms with van der Waals surface area (Å²) in [5.41, 5.74) is 2.12. The molecule has 8 heteroatoms. The van der Waals surface area contributed by atoms with Crippen LogP contribution < -0.4 is 9.64 Å². The number of Topliss-reactive ketones (excluding diaryl/α,β-unsaturated/α-hetero) is 1. The summed E-state index contributed by atoms with van der Waals surface area (Å²) in [5, 5.41) is 13.3. The maximum Gasteiger partial charge on any atom is 0.338 e. The van der Waals surface area contributed by atoms with Crippen LogP contribution >= 0.6 is 11.3 Å². The highest BCUT2D eigenvalue weighted by atomic mass is 32.1. The third-order valence-corrected chi connectivity index (χ3v) is 7.32. The molecule has 7 nitrogen and oxygen atoms in total. The Labute approximate surface area is 232 Å². The Kier molecular flexibility index (Phi) is 8.55. The molecule has 0 spiro atoms. The van der Waals surface area contributed by atoms with Gasteiger partial charge in [-0.3, -0.25) is 14.5 Å². The molecule has 1 N–H and O–H groups in total. The largest absolute Gasteiger partial charge is 0.507 e. The molecule has 2 aromatic carbocycles. The quantitative estimate of drug-likeness (QED) is 0.139. The number of benzene rings is 2. The van der Waals surface area contributed by atoms with E-state index in [0.717, 1.165) is 10.4 Å². The predicted octanol–water partition coefficient (Wildman–Crippen LogP) is 6.71. The Morgan fingerprint density at radius 3 is 2.31 bits per heavy atom. The molecule has 1 aliphatic rings. The van der Waals surface area contributed by atoms with Gasteiger partial charge < -0.3 is 14.6 Å². The smallest absolute Gasteiger partial charge is 0.338 e. The number of thiophene rings is 1. The number of anilines is 1. The molecule has 39 heavy (non-hydrogen) atoms. The number of hydrogen-bond acceptors (Lipinski definition) is 7. The van der Waals surface area contributed by atoms with Crippen LogP contribution in [0.5, 0.6) is 5.75 Å². The summed E-state index contributed by atoms with van der Waals surface area (Å²) in [4.78, 5) is 41.3. The normalized spacial score (nSPS) is 16.8. The van der Waals surface area contributed by atoms with E-state index in [4.69, 9.17) is 9.47 Å². The fourth-order valence-corrected chi connectivity index (χ4v) is 5.31. The summed E-state index contributed by atoms with van der Waals surface area (Å²) in [6, 6.07) is 14.5. The summed E-state index contributed by atoms with van der Waals surface area (Å²) in [7, 11) is 0. The first-order chi connectivity index (χ1) is 18.6. The molecule has 0 saturated carbocycles. The lowest BCUT2D eigenvalue weighted by Crippen LogP contribution is -2.29. The van der Waals surface area contributed by atoms with Gasteiger partial charge in [0, 0.05) is 16.1 Å². The van der Waals surface area contributed by atoms with E-state index in [1.54, 1.807) is 36.4 Å². The molecule has 0 aliphatic carbocycles. The van der Waals surface area contributed by atoms with Crippen molar-refractivity contribution in [1.29, 1.82) is 0 Å². The van der Waals surface area contributed by atoms with E-state index < -0.39 is 23.7 Å². The molecule has 1 atom stereocenters. The van der Waals surface area contributed by atoms with Crippen LogP contribution in [0.4, 0.5) is 5.69 Å². The third kappa shape index (κ3) is 5.76. The van der Waals surface area contributed by atoms with Crippen LogP contribution in [-0.2, 0) is 14.3 Å². The van der Waals surface area contributed by atoms with E-state index in [1.807, 2.05) is 58.2 Å². The maximum atomic E-state index is 13.4. The number of amides is 1. The van der Waals surface area contributed by atoms with Gasteiger partial charge in [-0.25, -0.2) is 4.79 Å². The number of ether oxygens (including phenoxy) is 2. The summed E-state index contributed by atoms with van der Waals surface area (Å²) in [6.45, 7) is 10.7. The van der Waals surface area contributed by atoms with Crippen LogP contribution in [0.3, 0.4) is 0 Å². The first-order valence-corrected chi connectivity index (χ1v) is 13.9. The van der Waals surface area contributed by atoms with Crippen molar-refractivity contribution in [2.45, 2.75) is 46.6 Å². The van der Waals surface area contributed by atoms with Crippen molar-refractivity contribution >= 4 is 40.4 Å². The third-order valence-electron chi connectivity index (χ3n) is 6.39. The maximum absolute atomic E-state index is 13.4. The minimum absolute atomic E-state index is 0.0155. The van der Waals surface area contributed by atoms with E-state index in [9.17, 15) is 19.5 Å². The lowest BCUT2D eigenvalue weighted by molar-refractivity contribution is -0.132. The molecule has 1 fully saturated rings. The second-order valence-electron chi connectivity index (χ2n) is 10.1.